The molecule has 0 unspecified atom stereocenters. The van der Waals surface area contributed by atoms with E-state index in [2.05, 4.69) is 5.32 Å². The van der Waals surface area contributed by atoms with Crippen molar-refractivity contribution in [3.05, 3.63) is 59.6 Å². The average Bonchev–Trinajstić information content (AvgIpc) is 2.81. The Balaban J connectivity index is 1.88. The Morgan fingerprint density at radius 1 is 1.19 bits per heavy atom. The molecule has 0 bridgehead atoms. The third kappa shape index (κ3) is 2.57. The van der Waals surface area contributed by atoms with Gasteiger partial charge in [0.2, 0.25) is 0 Å². The molecule has 0 amide bonds. The molecule has 0 aliphatic carbocycles. The van der Waals surface area contributed by atoms with E-state index in [0.29, 0.717) is 12.3 Å². The van der Waals surface area contributed by atoms with Gasteiger partial charge in [-0.05, 0) is 25.1 Å². The van der Waals surface area contributed by atoms with Crippen molar-refractivity contribution in [2.75, 3.05) is 12.4 Å². The van der Waals surface area contributed by atoms with Crippen LogP contribution in [0, 0.1) is 12.7 Å². The summed E-state index contributed by atoms with van der Waals surface area (Å²) in [5.74, 6) is 1.05. The van der Waals surface area contributed by atoms with Crippen molar-refractivity contribution in [3.63, 3.8) is 0 Å². The molecule has 2 aromatic carbocycles. The zero-order chi connectivity index (χ0) is 14.8. The first-order chi connectivity index (χ1) is 10.2. The summed E-state index contributed by atoms with van der Waals surface area (Å²) in [6.45, 7) is 2.53. The summed E-state index contributed by atoms with van der Waals surface area (Å²) < 4.78 is 24.1. The Morgan fingerprint density at radius 3 is 2.81 bits per heavy atom. The summed E-state index contributed by atoms with van der Waals surface area (Å²) >= 11 is 0. The molecular formula is C17H16FNO2. The minimum absolute atomic E-state index is 0.317. The maximum atomic E-state index is 13.2. The zero-order valence-electron chi connectivity index (χ0n) is 11.9. The highest BCUT2D eigenvalue weighted by Crippen LogP contribution is 2.29. The molecule has 3 nitrogen and oxygen atoms in total. The largest absolute Gasteiger partial charge is 0.494 e. The van der Waals surface area contributed by atoms with Gasteiger partial charge in [-0.1, -0.05) is 18.2 Å². The van der Waals surface area contributed by atoms with Gasteiger partial charge >= 0.3 is 0 Å². The maximum Gasteiger partial charge on any atom is 0.144 e. The third-order valence-electron chi connectivity index (χ3n) is 3.52. The van der Waals surface area contributed by atoms with Gasteiger partial charge in [-0.15, -0.1) is 0 Å². The molecule has 4 heteroatoms. The lowest BCUT2D eigenvalue weighted by Crippen LogP contribution is -2.02. The van der Waals surface area contributed by atoms with Crippen molar-refractivity contribution in [1.82, 2.24) is 0 Å². The average molecular weight is 285 g/mol. The number of para-hydroxylation sites is 1. The number of ether oxygens (including phenoxy) is 1. The predicted molar refractivity (Wildman–Crippen MR) is 81.2 cm³/mol. The number of methoxy groups -OCH3 is 1. The number of aryl methyl sites for hydroxylation is 1. The number of benzene rings is 2. The van der Waals surface area contributed by atoms with Crippen molar-refractivity contribution < 1.29 is 13.5 Å². The van der Waals surface area contributed by atoms with Crippen LogP contribution in [0.4, 0.5) is 10.1 Å². The fourth-order valence-electron chi connectivity index (χ4n) is 2.44. The van der Waals surface area contributed by atoms with Crippen molar-refractivity contribution in [2.24, 2.45) is 0 Å². The van der Waals surface area contributed by atoms with Crippen LogP contribution in [0.5, 0.6) is 5.75 Å². The van der Waals surface area contributed by atoms with E-state index in [0.717, 1.165) is 28.0 Å². The molecule has 21 heavy (non-hydrogen) atoms. The maximum absolute atomic E-state index is 13.2. The minimum Gasteiger partial charge on any atom is -0.494 e. The molecule has 3 aromatic rings. The number of halogens is 1. The van der Waals surface area contributed by atoms with Crippen LogP contribution in [0.3, 0.4) is 0 Å². The van der Waals surface area contributed by atoms with Crippen molar-refractivity contribution >= 4 is 16.7 Å². The van der Waals surface area contributed by atoms with Crippen molar-refractivity contribution in [2.45, 2.75) is 13.5 Å². The molecule has 0 atom stereocenters. The summed E-state index contributed by atoms with van der Waals surface area (Å²) in [6.07, 6.45) is 0. The van der Waals surface area contributed by atoms with Crippen LogP contribution in [0.25, 0.3) is 11.0 Å². The fourth-order valence-corrected chi connectivity index (χ4v) is 2.44. The Kier molecular flexibility index (Phi) is 3.52. The molecule has 0 saturated carbocycles. The van der Waals surface area contributed by atoms with Crippen LogP contribution in [-0.2, 0) is 6.54 Å². The van der Waals surface area contributed by atoms with Gasteiger partial charge in [0, 0.05) is 23.6 Å². The number of anilines is 1. The Hall–Kier alpha value is -2.49. The van der Waals surface area contributed by atoms with Crippen molar-refractivity contribution in [3.8, 4) is 5.75 Å². The number of furan rings is 1. The zero-order valence-corrected chi connectivity index (χ0v) is 11.9. The molecular weight excluding hydrogens is 269 g/mol. The van der Waals surface area contributed by atoms with E-state index < -0.39 is 0 Å². The number of hydrogen-bond donors (Lipinski definition) is 1. The monoisotopic (exact) mass is 285 g/mol. The molecule has 0 aliphatic rings. The van der Waals surface area contributed by atoms with E-state index in [4.69, 9.17) is 9.15 Å². The van der Waals surface area contributed by atoms with Crippen LogP contribution in [0.2, 0.25) is 0 Å². The molecule has 1 N–H and O–H groups in total. The van der Waals surface area contributed by atoms with Gasteiger partial charge in [-0.3, -0.25) is 0 Å². The van der Waals surface area contributed by atoms with E-state index >= 15 is 0 Å². The molecule has 0 saturated heterocycles. The van der Waals surface area contributed by atoms with Crippen LogP contribution >= 0.6 is 0 Å². The SMILES string of the molecule is COc1cc(F)ccc1NCc1c(C)oc2ccccc12. The van der Waals surface area contributed by atoms with E-state index in [1.807, 2.05) is 31.2 Å². The summed E-state index contributed by atoms with van der Waals surface area (Å²) in [6, 6.07) is 12.4. The lowest BCUT2D eigenvalue weighted by molar-refractivity contribution is 0.413. The molecule has 1 aromatic heterocycles. The molecule has 0 aliphatic heterocycles. The fraction of sp³-hybridized carbons (Fsp3) is 0.176. The summed E-state index contributed by atoms with van der Waals surface area (Å²) in [5, 5.41) is 4.36. The van der Waals surface area contributed by atoms with Crippen molar-refractivity contribution in [1.29, 1.82) is 0 Å². The quantitative estimate of drug-likeness (QED) is 0.766. The van der Waals surface area contributed by atoms with E-state index in [1.54, 1.807) is 6.07 Å². The molecule has 3 rings (SSSR count). The minimum atomic E-state index is -0.317. The Morgan fingerprint density at radius 2 is 2.00 bits per heavy atom. The first-order valence-electron chi connectivity index (χ1n) is 6.73. The second kappa shape index (κ2) is 5.48. The molecule has 0 spiro atoms. The number of nitrogens with one attached hydrogen (secondary N) is 1. The van der Waals surface area contributed by atoms with E-state index in [-0.39, 0.29) is 5.82 Å². The normalized spacial score (nSPS) is 10.8. The second-order valence-electron chi connectivity index (χ2n) is 4.83. The molecule has 0 fully saturated rings. The molecule has 1 heterocycles. The summed E-state index contributed by atoms with van der Waals surface area (Å²) in [5.41, 5.74) is 2.72. The molecule has 108 valence electrons. The van der Waals surface area contributed by atoms with Gasteiger partial charge in [-0.25, -0.2) is 4.39 Å². The second-order valence-corrected chi connectivity index (χ2v) is 4.83. The van der Waals surface area contributed by atoms with Crippen LogP contribution in [0.1, 0.15) is 11.3 Å². The van der Waals surface area contributed by atoms with Crippen LogP contribution in [-0.4, -0.2) is 7.11 Å². The van der Waals surface area contributed by atoms with E-state index in [1.165, 1.54) is 19.2 Å². The number of hydrogen-bond acceptors (Lipinski definition) is 3. The third-order valence-corrected chi connectivity index (χ3v) is 3.52. The number of fused-ring (bicyclic) bond motifs is 1. The predicted octanol–water partition coefficient (Wildman–Crippen LogP) is 4.50. The van der Waals surface area contributed by atoms with Gasteiger partial charge < -0.3 is 14.5 Å². The topological polar surface area (TPSA) is 34.4 Å². The lowest BCUT2D eigenvalue weighted by Gasteiger charge is -2.11. The highest BCUT2D eigenvalue weighted by Gasteiger charge is 2.11. The van der Waals surface area contributed by atoms with Crippen LogP contribution < -0.4 is 10.1 Å². The Bertz CT molecular complexity index is 780. The molecule has 0 radical (unpaired) electrons. The summed E-state index contributed by atoms with van der Waals surface area (Å²) in [7, 11) is 1.53. The smallest absolute Gasteiger partial charge is 0.144 e. The number of rotatable bonds is 4. The van der Waals surface area contributed by atoms with Gasteiger partial charge in [0.05, 0.1) is 12.8 Å². The first kappa shape index (κ1) is 13.5. The standard InChI is InChI=1S/C17H16FNO2/c1-11-14(13-5-3-4-6-16(13)21-11)10-19-15-8-7-12(18)9-17(15)20-2/h3-9,19H,10H2,1-2H3. The first-order valence-corrected chi connectivity index (χ1v) is 6.73. The van der Waals surface area contributed by atoms with Gasteiger partial charge in [0.1, 0.15) is 22.9 Å². The van der Waals surface area contributed by atoms with Gasteiger partial charge in [-0.2, -0.15) is 0 Å². The highest BCUT2D eigenvalue weighted by molar-refractivity contribution is 5.82. The highest BCUT2D eigenvalue weighted by atomic mass is 19.1. The lowest BCUT2D eigenvalue weighted by atomic mass is 10.1. The van der Waals surface area contributed by atoms with Gasteiger partial charge in [0.15, 0.2) is 0 Å². The van der Waals surface area contributed by atoms with Crippen LogP contribution in [0.15, 0.2) is 46.9 Å². The van der Waals surface area contributed by atoms with Gasteiger partial charge in [0.25, 0.3) is 0 Å². The van der Waals surface area contributed by atoms with E-state index in [9.17, 15) is 4.39 Å². The summed E-state index contributed by atoms with van der Waals surface area (Å²) in [4.78, 5) is 0. The Labute approximate surface area is 122 Å².